The second-order valence-corrected chi connectivity index (χ2v) is 4.95. The third-order valence-electron chi connectivity index (χ3n) is 2.58. The van der Waals surface area contributed by atoms with Crippen molar-refractivity contribution in [3.05, 3.63) is 35.5 Å². The van der Waals surface area contributed by atoms with Crippen LogP contribution >= 0.6 is 11.3 Å². The maximum absolute atomic E-state index is 9.39. The fourth-order valence-corrected chi connectivity index (χ4v) is 2.68. The van der Waals surface area contributed by atoms with Gasteiger partial charge in [-0.15, -0.1) is 11.3 Å². The average molecular weight is 217 g/mol. The predicted molar refractivity (Wildman–Crippen MR) is 61.2 cm³/mol. The largest absolute Gasteiger partial charge is 0.508 e. The van der Waals surface area contributed by atoms with E-state index >= 15 is 0 Å². The molecule has 15 heavy (non-hydrogen) atoms. The summed E-state index contributed by atoms with van der Waals surface area (Å²) < 4.78 is 0. The number of aromatic nitrogens is 1. The molecule has 3 heteroatoms. The van der Waals surface area contributed by atoms with E-state index < -0.39 is 0 Å². The normalized spacial score (nSPS) is 15.5. The molecule has 1 aliphatic rings. The maximum Gasteiger partial charge on any atom is 0.116 e. The van der Waals surface area contributed by atoms with E-state index in [1.54, 1.807) is 23.5 Å². The van der Waals surface area contributed by atoms with Crippen molar-refractivity contribution >= 4 is 11.3 Å². The highest BCUT2D eigenvalue weighted by atomic mass is 32.1. The lowest BCUT2D eigenvalue weighted by molar-refractivity contribution is 0.475. The van der Waals surface area contributed by atoms with Crippen LogP contribution in [-0.4, -0.2) is 10.1 Å². The molecule has 2 nitrogen and oxygen atoms in total. The summed E-state index contributed by atoms with van der Waals surface area (Å²) in [6.45, 7) is 0. The van der Waals surface area contributed by atoms with E-state index in [0.717, 1.165) is 10.4 Å². The summed E-state index contributed by atoms with van der Waals surface area (Å²) in [4.78, 5) is 5.57. The van der Waals surface area contributed by atoms with E-state index in [2.05, 4.69) is 4.98 Å². The van der Waals surface area contributed by atoms with E-state index in [4.69, 9.17) is 0 Å². The minimum Gasteiger partial charge on any atom is -0.508 e. The van der Waals surface area contributed by atoms with Crippen LogP contribution in [-0.2, 0) is 0 Å². The van der Waals surface area contributed by atoms with E-state index in [1.807, 2.05) is 18.3 Å². The molecule has 0 bridgehead atoms. The van der Waals surface area contributed by atoms with Gasteiger partial charge >= 0.3 is 0 Å². The Labute approximate surface area is 92.2 Å². The van der Waals surface area contributed by atoms with E-state index in [9.17, 15) is 5.11 Å². The zero-order chi connectivity index (χ0) is 10.3. The highest BCUT2D eigenvalue weighted by Crippen LogP contribution is 2.43. The second-order valence-electron chi connectivity index (χ2n) is 3.89. The SMILES string of the molecule is Oc1cccc(-c2cnc(C3CC3)s2)c1. The first-order valence-corrected chi connectivity index (χ1v) is 5.90. The quantitative estimate of drug-likeness (QED) is 0.836. The Morgan fingerprint density at radius 3 is 2.93 bits per heavy atom. The molecule has 1 saturated carbocycles. The topological polar surface area (TPSA) is 33.1 Å². The summed E-state index contributed by atoms with van der Waals surface area (Å²) in [5.74, 6) is 1.02. The first-order valence-electron chi connectivity index (χ1n) is 5.08. The van der Waals surface area contributed by atoms with Gasteiger partial charge in [0.1, 0.15) is 5.75 Å². The highest BCUT2D eigenvalue weighted by Gasteiger charge is 2.26. The number of phenolic OH excluding ortho intramolecular Hbond substituents is 1. The standard InChI is InChI=1S/C12H11NOS/c14-10-3-1-2-9(6-10)11-7-13-12(15-11)8-4-5-8/h1-3,6-8,14H,4-5H2. The number of nitrogens with zero attached hydrogens (tertiary/aromatic N) is 1. The van der Waals surface area contributed by atoms with Gasteiger partial charge in [0.25, 0.3) is 0 Å². The lowest BCUT2D eigenvalue weighted by atomic mass is 10.2. The molecule has 0 amide bonds. The van der Waals surface area contributed by atoms with Crippen molar-refractivity contribution < 1.29 is 5.11 Å². The molecule has 1 aromatic heterocycles. The fourth-order valence-electron chi connectivity index (χ4n) is 1.60. The summed E-state index contributed by atoms with van der Waals surface area (Å²) in [6.07, 6.45) is 4.48. The van der Waals surface area contributed by atoms with Gasteiger partial charge in [-0.05, 0) is 30.5 Å². The van der Waals surface area contributed by atoms with Gasteiger partial charge in [-0.25, -0.2) is 4.98 Å². The molecule has 0 atom stereocenters. The van der Waals surface area contributed by atoms with Crippen molar-refractivity contribution in [2.75, 3.05) is 0 Å². The van der Waals surface area contributed by atoms with Gasteiger partial charge in [-0.3, -0.25) is 0 Å². The van der Waals surface area contributed by atoms with Gasteiger partial charge < -0.3 is 5.11 Å². The summed E-state index contributed by atoms with van der Waals surface area (Å²) >= 11 is 1.74. The Bertz CT molecular complexity index is 488. The molecule has 76 valence electrons. The molecule has 0 aliphatic heterocycles. The van der Waals surface area contributed by atoms with Gasteiger partial charge in [0.15, 0.2) is 0 Å². The minimum absolute atomic E-state index is 0.314. The third-order valence-corrected chi connectivity index (χ3v) is 3.79. The zero-order valence-electron chi connectivity index (χ0n) is 8.18. The maximum atomic E-state index is 9.39. The number of thiazole rings is 1. The smallest absolute Gasteiger partial charge is 0.116 e. The molecule has 0 spiro atoms. The first-order chi connectivity index (χ1) is 7.33. The predicted octanol–water partition coefficient (Wildman–Crippen LogP) is 3.39. The van der Waals surface area contributed by atoms with Crippen LogP contribution in [0, 0.1) is 0 Å². The molecule has 1 aliphatic carbocycles. The van der Waals surface area contributed by atoms with Crippen LogP contribution in [0.4, 0.5) is 0 Å². The molecular weight excluding hydrogens is 206 g/mol. The molecule has 3 rings (SSSR count). The Kier molecular flexibility index (Phi) is 1.99. The van der Waals surface area contributed by atoms with Crippen molar-refractivity contribution in [3.63, 3.8) is 0 Å². The molecule has 0 saturated heterocycles. The van der Waals surface area contributed by atoms with Gasteiger partial charge in [0, 0.05) is 12.1 Å². The Morgan fingerprint density at radius 1 is 1.33 bits per heavy atom. The molecular formula is C12H11NOS. The molecule has 2 aromatic rings. The summed E-state index contributed by atoms with van der Waals surface area (Å²) in [6, 6.07) is 7.33. The van der Waals surface area contributed by atoms with Gasteiger partial charge in [-0.1, -0.05) is 12.1 Å². The number of rotatable bonds is 2. The average Bonchev–Trinajstić information content (AvgIpc) is 2.97. The summed E-state index contributed by atoms with van der Waals surface area (Å²) in [5, 5.41) is 10.6. The van der Waals surface area contributed by atoms with Crippen LogP contribution in [0.15, 0.2) is 30.5 Å². The van der Waals surface area contributed by atoms with Crippen LogP contribution in [0.25, 0.3) is 10.4 Å². The van der Waals surface area contributed by atoms with Crippen molar-refractivity contribution in [2.45, 2.75) is 18.8 Å². The Balaban J connectivity index is 1.97. The fraction of sp³-hybridized carbons (Fsp3) is 0.250. The van der Waals surface area contributed by atoms with Gasteiger partial charge in [-0.2, -0.15) is 0 Å². The number of hydrogen-bond donors (Lipinski definition) is 1. The number of aromatic hydroxyl groups is 1. The number of benzene rings is 1. The van der Waals surface area contributed by atoms with E-state index in [0.29, 0.717) is 11.7 Å². The van der Waals surface area contributed by atoms with Crippen LogP contribution in [0.1, 0.15) is 23.8 Å². The van der Waals surface area contributed by atoms with Gasteiger partial charge in [0.2, 0.25) is 0 Å². The van der Waals surface area contributed by atoms with Gasteiger partial charge in [0.05, 0.1) is 9.88 Å². The Hall–Kier alpha value is -1.35. The van der Waals surface area contributed by atoms with Crippen LogP contribution in [0.2, 0.25) is 0 Å². The molecule has 1 N–H and O–H groups in total. The first kappa shape index (κ1) is 8.92. The lowest BCUT2D eigenvalue weighted by Gasteiger charge is -1.96. The molecule has 1 aromatic carbocycles. The molecule has 1 heterocycles. The van der Waals surface area contributed by atoms with Crippen molar-refractivity contribution in [2.24, 2.45) is 0 Å². The monoisotopic (exact) mass is 217 g/mol. The van der Waals surface area contributed by atoms with Crippen LogP contribution in [0.5, 0.6) is 5.75 Å². The molecule has 0 unspecified atom stereocenters. The van der Waals surface area contributed by atoms with E-state index in [1.165, 1.54) is 17.8 Å². The second kappa shape index (κ2) is 3.35. The Morgan fingerprint density at radius 2 is 2.20 bits per heavy atom. The third kappa shape index (κ3) is 1.75. The zero-order valence-corrected chi connectivity index (χ0v) is 9.00. The molecule has 1 fully saturated rings. The number of phenols is 1. The van der Waals surface area contributed by atoms with Crippen LogP contribution in [0.3, 0.4) is 0 Å². The lowest BCUT2D eigenvalue weighted by Crippen LogP contribution is -1.70. The van der Waals surface area contributed by atoms with Crippen molar-refractivity contribution in [1.29, 1.82) is 0 Å². The summed E-state index contributed by atoms with van der Waals surface area (Å²) in [5.41, 5.74) is 1.06. The number of hydrogen-bond acceptors (Lipinski definition) is 3. The van der Waals surface area contributed by atoms with E-state index in [-0.39, 0.29) is 0 Å². The highest BCUT2D eigenvalue weighted by molar-refractivity contribution is 7.15. The van der Waals surface area contributed by atoms with Crippen molar-refractivity contribution in [3.8, 4) is 16.2 Å². The minimum atomic E-state index is 0.314. The summed E-state index contributed by atoms with van der Waals surface area (Å²) in [7, 11) is 0. The van der Waals surface area contributed by atoms with Crippen molar-refractivity contribution in [1.82, 2.24) is 4.98 Å². The molecule has 0 radical (unpaired) electrons. The van der Waals surface area contributed by atoms with Crippen LogP contribution < -0.4 is 0 Å².